The van der Waals surface area contributed by atoms with E-state index in [0.29, 0.717) is 23.1 Å². The van der Waals surface area contributed by atoms with Gasteiger partial charge in [-0.1, -0.05) is 29.4 Å². The van der Waals surface area contributed by atoms with E-state index in [2.05, 4.69) is 14.9 Å². The number of anilines is 1. The Bertz CT molecular complexity index is 1320. The molecule has 2 aromatic heterocycles. The summed E-state index contributed by atoms with van der Waals surface area (Å²) in [5.41, 5.74) is 15.4. The van der Waals surface area contributed by atoms with E-state index in [-0.39, 0.29) is 17.3 Å². The summed E-state index contributed by atoms with van der Waals surface area (Å²) in [5, 5.41) is 1.16. The van der Waals surface area contributed by atoms with Crippen molar-refractivity contribution in [3.63, 3.8) is 0 Å². The van der Waals surface area contributed by atoms with Crippen molar-refractivity contribution in [3.8, 4) is 0 Å². The SMILES string of the molecule is Nc1nccc(Sc2cnc3c(n2)CC(N2CCC4(CC2)Cc2ccc(F)cc2[C@H]4N)=N3)c1Cl. The fourth-order valence-electron chi connectivity index (χ4n) is 5.32. The predicted octanol–water partition coefficient (Wildman–Crippen LogP) is 4.32. The molecule has 3 aliphatic rings. The third-order valence-electron chi connectivity index (χ3n) is 7.23. The van der Waals surface area contributed by atoms with Crippen LogP contribution >= 0.6 is 23.4 Å². The van der Waals surface area contributed by atoms with Crippen LogP contribution in [0.5, 0.6) is 0 Å². The average Bonchev–Trinajstić information content (AvgIpc) is 3.37. The molecule has 1 aromatic carbocycles. The number of pyridine rings is 1. The Balaban J connectivity index is 1.13. The molecule has 1 atom stereocenters. The smallest absolute Gasteiger partial charge is 0.176 e. The van der Waals surface area contributed by atoms with E-state index in [9.17, 15) is 4.39 Å². The minimum atomic E-state index is -0.214. The molecule has 1 aliphatic carbocycles. The molecule has 2 aliphatic heterocycles. The monoisotopic (exact) mass is 495 g/mol. The standard InChI is InChI=1S/C24H23ClFN7S/c25-20-17(3-6-29-22(20)28)34-19-12-30-23-16(31-19)10-18(32-23)33-7-4-24(5-8-33)11-13-1-2-14(26)9-15(13)21(24)27/h1-3,6,9,12,21H,4-5,7-8,10-11,27H2,(H2,28,29)/t21-/m1/s1. The fraction of sp³-hybridized carbons (Fsp3) is 0.333. The van der Waals surface area contributed by atoms with Crippen molar-refractivity contribution in [2.75, 3.05) is 18.8 Å². The van der Waals surface area contributed by atoms with E-state index in [0.717, 1.165) is 59.4 Å². The van der Waals surface area contributed by atoms with Crippen molar-refractivity contribution in [1.82, 2.24) is 19.9 Å². The molecule has 174 valence electrons. The summed E-state index contributed by atoms with van der Waals surface area (Å²) in [6.07, 6.45) is 6.79. The summed E-state index contributed by atoms with van der Waals surface area (Å²) in [6, 6.07) is 6.72. The van der Waals surface area contributed by atoms with Gasteiger partial charge in [0.2, 0.25) is 0 Å². The second-order valence-electron chi connectivity index (χ2n) is 9.14. The highest BCUT2D eigenvalue weighted by Gasteiger charge is 2.46. The number of aromatic nitrogens is 3. The predicted molar refractivity (Wildman–Crippen MR) is 131 cm³/mol. The lowest BCUT2D eigenvalue weighted by Gasteiger charge is -2.43. The largest absolute Gasteiger partial charge is 0.382 e. The molecule has 0 saturated carbocycles. The summed E-state index contributed by atoms with van der Waals surface area (Å²) in [6.45, 7) is 1.73. The Kier molecular flexibility index (Phi) is 5.24. The van der Waals surface area contributed by atoms with Gasteiger partial charge in [-0.05, 0) is 54.0 Å². The number of piperidine rings is 1. The molecule has 0 amide bonds. The number of hydrogen-bond acceptors (Lipinski definition) is 8. The molecule has 0 unspecified atom stereocenters. The zero-order valence-corrected chi connectivity index (χ0v) is 19.9. The molecule has 7 nitrogen and oxygen atoms in total. The van der Waals surface area contributed by atoms with E-state index in [1.165, 1.54) is 23.4 Å². The normalized spacial score (nSPS) is 20.4. The van der Waals surface area contributed by atoms with Crippen LogP contribution in [0.4, 0.5) is 16.0 Å². The zero-order valence-electron chi connectivity index (χ0n) is 18.3. The van der Waals surface area contributed by atoms with Crippen LogP contribution in [0.2, 0.25) is 5.02 Å². The Morgan fingerprint density at radius 3 is 2.82 bits per heavy atom. The van der Waals surface area contributed by atoms with Gasteiger partial charge in [-0.25, -0.2) is 24.3 Å². The maximum atomic E-state index is 13.8. The minimum Gasteiger partial charge on any atom is -0.382 e. The second kappa shape index (κ2) is 8.18. The summed E-state index contributed by atoms with van der Waals surface area (Å²) in [4.78, 5) is 21.2. The number of benzene rings is 1. The third kappa shape index (κ3) is 3.62. The van der Waals surface area contributed by atoms with Crippen molar-refractivity contribution in [3.05, 3.63) is 64.3 Å². The van der Waals surface area contributed by atoms with Gasteiger partial charge in [0, 0.05) is 30.2 Å². The summed E-state index contributed by atoms with van der Waals surface area (Å²) in [5.74, 6) is 1.74. The maximum absolute atomic E-state index is 13.8. The van der Waals surface area contributed by atoms with Gasteiger partial charge < -0.3 is 16.4 Å². The van der Waals surface area contributed by atoms with Gasteiger partial charge in [-0.2, -0.15) is 0 Å². The lowest BCUT2D eigenvalue weighted by Crippen LogP contribution is -2.46. The van der Waals surface area contributed by atoms with Crippen LogP contribution in [0.25, 0.3) is 0 Å². The number of amidine groups is 1. The molecule has 4 heterocycles. The first-order valence-corrected chi connectivity index (χ1v) is 12.4. The summed E-state index contributed by atoms with van der Waals surface area (Å²) in [7, 11) is 0. The van der Waals surface area contributed by atoms with Crippen molar-refractivity contribution in [2.24, 2.45) is 16.1 Å². The minimum absolute atomic E-state index is 0.00932. The quantitative estimate of drug-likeness (QED) is 0.545. The van der Waals surface area contributed by atoms with Crippen LogP contribution in [0.3, 0.4) is 0 Å². The third-order valence-corrected chi connectivity index (χ3v) is 8.70. The average molecular weight is 496 g/mol. The van der Waals surface area contributed by atoms with Crippen molar-refractivity contribution in [2.45, 2.75) is 41.6 Å². The lowest BCUT2D eigenvalue weighted by atomic mass is 9.73. The number of nitrogen functional groups attached to an aromatic ring is 1. The van der Waals surface area contributed by atoms with Gasteiger partial charge >= 0.3 is 0 Å². The zero-order chi connectivity index (χ0) is 23.4. The van der Waals surface area contributed by atoms with Gasteiger partial charge in [0.05, 0.1) is 23.3 Å². The van der Waals surface area contributed by atoms with Crippen LogP contribution in [0.1, 0.15) is 35.7 Å². The number of nitrogens with two attached hydrogens (primary N) is 2. The van der Waals surface area contributed by atoms with E-state index >= 15 is 0 Å². The molecule has 10 heteroatoms. The molecule has 1 saturated heterocycles. The Labute approximate surface area is 205 Å². The molecular formula is C24H23ClFN7S. The molecule has 1 spiro atoms. The van der Waals surface area contributed by atoms with Crippen LogP contribution in [-0.2, 0) is 12.8 Å². The first-order chi connectivity index (χ1) is 16.4. The molecule has 3 aromatic rings. The second-order valence-corrected chi connectivity index (χ2v) is 10.6. The van der Waals surface area contributed by atoms with E-state index < -0.39 is 0 Å². The number of fused-ring (bicyclic) bond motifs is 2. The number of nitrogens with zero attached hydrogens (tertiary/aromatic N) is 5. The summed E-state index contributed by atoms with van der Waals surface area (Å²) < 4.78 is 13.8. The van der Waals surface area contributed by atoms with Crippen molar-refractivity contribution < 1.29 is 4.39 Å². The maximum Gasteiger partial charge on any atom is 0.176 e. The van der Waals surface area contributed by atoms with Crippen LogP contribution in [0.15, 0.2) is 51.6 Å². The molecule has 0 radical (unpaired) electrons. The van der Waals surface area contributed by atoms with Gasteiger partial charge in [0.25, 0.3) is 0 Å². The van der Waals surface area contributed by atoms with E-state index in [1.807, 2.05) is 12.1 Å². The Hall–Kier alpha value is -2.75. The van der Waals surface area contributed by atoms with Crippen LogP contribution in [-0.4, -0.2) is 38.8 Å². The topological polar surface area (TPSA) is 106 Å². The highest BCUT2D eigenvalue weighted by atomic mass is 35.5. The van der Waals surface area contributed by atoms with Crippen LogP contribution < -0.4 is 11.5 Å². The lowest BCUT2D eigenvalue weighted by molar-refractivity contribution is 0.127. The molecule has 4 N–H and O–H groups in total. The number of rotatable bonds is 2. The van der Waals surface area contributed by atoms with Gasteiger partial charge in [-0.3, -0.25) is 0 Å². The first-order valence-electron chi connectivity index (χ1n) is 11.2. The fourth-order valence-corrected chi connectivity index (χ4v) is 6.36. The summed E-state index contributed by atoms with van der Waals surface area (Å²) >= 11 is 7.68. The molecule has 0 bridgehead atoms. The van der Waals surface area contributed by atoms with Gasteiger partial charge in [0.1, 0.15) is 22.5 Å². The van der Waals surface area contributed by atoms with Crippen LogP contribution in [0, 0.1) is 11.2 Å². The Morgan fingerprint density at radius 1 is 1.18 bits per heavy atom. The molecule has 1 fully saturated rings. The van der Waals surface area contributed by atoms with Gasteiger partial charge in [-0.15, -0.1) is 0 Å². The van der Waals surface area contributed by atoms with E-state index in [1.54, 1.807) is 18.5 Å². The highest BCUT2D eigenvalue weighted by molar-refractivity contribution is 7.99. The number of hydrogen-bond donors (Lipinski definition) is 2. The van der Waals surface area contributed by atoms with Gasteiger partial charge in [0.15, 0.2) is 5.82 Å². The number of likely N-dealkylation sites (tertiary alicyclic amines) is 1. The Morgan fingerprint density at radius 2 is 2.00 bits per heavy atom. The molecule has 6 rings (SSSR count). The number of aliphatic imine (C=N–C) groups is 1. The van der Waals surface area contributed by atoms with E-state index in [4.69, 9.17) is 33.0 Å². The highest BCUT2D eigenvalue weighted by Crippen LogP contribution is 2.51. The van der Waals surface area contributed by atoms with Crippen molar-refractivity contribution in [1.29, 1.82) is 0 Å². The van der Waals surface area contributed by atoms with Crippen molar-refractivity contribution >= 4 is 40.8 Å². The molecular weight excluding hydrogens is 473 g/mol. The molecule has 34 heavy (non-hydrogen) atoms. The number of halogens is 2. The first kappa shape index (κ1) is 21.8.